The van der Waals surface area contributed by atoms with Crippen LogP contribution in [-0.4, -0.2) is 7.11 Å². The molecule has 0 spiro atoms. The number of methoxy groups -OCH3 is 1. The minimum atomic E-state index is -0.303. The Morgan fingerprint density at radius 3 is 2.86 bits per heavy atom. The highest BCUT2D eigenvalue weighted by atomic mass is 79.9. The van der Waals surface area contributed by atoms with E-state index < -0.39 is 0 Å². The van der Waals surface area contributed by atoms with E-state index in [0.29, 0.717) is 0 Å². The fourth-order valence-electron chi connectivity index (χ4n) is 3.29. The van der Waals surface area contributed by atoms with Crippen molar-refractivity contribution in [2.24, 2.45) is 5.73 Å². The smallest absolute Gasteiger partial charge is 0.119 e. The Labute approximate surface area is 134 Å². The van der Waals surface area contributed by atoms with E-state index in [1.807, 2.05) is 12.1 Å². The molecule has 21 heavy (non-hydrogen) atoms. The number of aryl methyl sites for hydroxylation is 1. The third kappa shape index (κ3) is 2.99. The molecule has 0 saturated carbocycles. The van der Waals surface area contributed by atoms with Crippen molar-refractivity contribution in [1.82, 2.24) is 0 Å². The number of nitrogens with two attached hydrogens (primary N) is 1. The van der Waals surface area contributed by atoms with Crippen LogP contribution in [0, 0.1) is 0 Å². The molecule has 3 rings (SSSR count). The summed E-state index contributed by atoms with van der Waals surface area (Å²) < 4.78 is 6.48. The van der Waals surface area contributed by atoms with Crippen LogP contribution in [0.2, 0.25) is 0 Å². The Morgan fingerprint density at radius 2 is 2.10 bits per heavy atom. The van der Waals surface area contributed by atoms with E-state index in [-0.39, 0.29) is 5.54 Å². The predicted molar refractivity (Wildman–Crippen MR) is 89.6 cm³/mol. The normalized spacial score (nSPS) is 20.9. The number of ether oxygens (including phenoxy) is 1. The lowest BCUT2D eigenvalue weighted by Gasteiger charge is -2.36. The van der Waals surface area contributed by atoms with Gasteiger partial charge in [-0.05, 0) is 66.6 Å². The van der Waals surface area contributed by atoms with Gasteiger partial charge in [0.05, 0.1) is 7.11 Å². The topological polar surface area (TPSA) is 35.2 Å². The molecule has 2 aromatic rings. The van der Waals surface area contributed by atoms with Crippen LogP contribution in [0.1, 0.15) is 29.5 Å². The van der Waals surface area contributed by atoms with Crippen LogP contribution in [0.4, 0.5) is 0 Å². The SMILES string of the molecule is COc1ccc2c(c1)C(N)(Cc1cccc(Br)c1)CCC2. The van der Waals surface area contributed by atoms with Crippen LogP contribution in [0.15, 0.2) is 46.9 Å². The number of hydrogen-bond donors (Lipinski definition) is 1. The maximum atomic E-state index is 6.81. The van der Waals surface area contributed by atoms with Gasteiger partial charge >= 0.3 is 0 Å². The van der Waals surface area contributed by atoms with Crippen molar-refractivity contribution >= 4 is 15.9 Å². The van der Waals surface area contributed by atoms with Crippen LogP contribution in [0.3, 0.4) is 0 Å². The molecule has 3 heteroatoms. The molecule has 0 radical (unpaired) electrons. The number of hydrogen-bond acceptors (Lipinski definition) is 2. The average Bonchev–Trinajstić information content (AvgIpc) is 2.47. The van der Waals surface area contributed by atoms with Crippen molar-refractivity contribution in [3.05, 3.63) is 63.6 Å². The van der Waals surface area contributed by atoms with Crippen molar-refractivity contribution in [3.8, 4) is 5.75 Å². The van der Waals surface area contributed by atoms with E-state index >= 15 is 0 Å². The van der Waals surface area contributed by atoms with Crippen LogP contribution in [0.25, 0.3) is 0 Å². The molecule has 0 heterocycles. The van der Waals surface area contributed by atoms with Crippen LogP contribution in [0.5, 0.6) is 5.75 Å². The van der Waals surface area contributed by atoms with Crippen molar-refractivity contribution in [1.29, 1.82) is 0 Å². The summed E-state index contributed by atoms with van der Waals surface area (Å²) in [6.45, 7) is 0. The Balaban J connectivity index is 1.98. The van der Waals surface area contributed by atoms with Crippen molar-refractivity contribution < 1.29 is 4.74 Å². The molecule has 2 aromatic carbocycles. The van der Waals surface area contributed by atoms with Gasteiger partial charge in [-0.25, -0.2) is 0 Å². The first-order valence-electron chi connectivity index (χ1n) is 7.31. The summed E-state index contributed by atoms with van der Waals surface area (Å²) in [5, 5.41) is 0. The fourth-order valence-corrected chi connectivity index (χ4v) is 3.73. The van der Waals surface area contributed by atoms with Gasteiger partial charge in [-0.3, -0.25) is 0 Å². The first-order chi connectivity index (χ1) is 10.1. The maximum Gasteiger partial charge on any atom is 0.119 e. The first kappa shape index (κ1) is 14.6. The zero-order valence-electron chi connectivity index (χ0n) is 12.2. The molecular formula is C18H20BrNO. The average molecular weight is 346 g/mol. The zero-order valence-corrected chi connectivity index (χ0v) is 13.8. The third-order valence-corrected chi connectivity index (χ3v) is 4.82. The van der Waals surface area contributed by atoms with Crippen molar-refractivity contribution in [2.75, 3.05) is 7.11 Å². The van der Waals surface area contributed by atoms with Gasteiger partial charge in [0.25, 0.3) is 0 Å². The molecule has 0 aromatic heterocycles. The van der Waals surface area contributed by atoms with Gasteiger partial charge in [-0.1, -0.05) is 34.1 Å². The van der Waals surface area contributed by atoms with E-state index in [2.05, 4.69) is 46.3 Å². The van der Waals surface area contributed by atoms with Crippen LogP contribution < -0.4 is 10.5 Å². The standard InChI is InChI=1S/C18H20BrNO/c1-21-16-8-7-14-5-3-9-18(20,17(14)11-16)12-13-4-2-6-15(19)10-13/h2,4,6-8,10-11H,3,5,9,12,20H2,1H3. The molecule has 1 aliphatic rings. The second kappa shape index (κ2) is 5.82. The molecule has 1 aliphatic carbocycles. The van der Waals surface area contributed by atoms with Crippen LogP contribution >= 0.6 is 15.9 Å². The molecule has 1 unspecified atom stereocenters. The van der Waals surface area contributed by atoms with Gasteiger partial charge in [-0.2, -0.15) is 0 Å². The highest BCUT2D eigenvalue weighted by molar-refractivity contribution is 9.10. The van der Waals surface area contributed by atoms with E-state index in [1.54, 1.807) is 7.11 Å². The molecule has 0 saturated heterocycles. The van der Waals surface area contributed by atoms with Gasteiger partial charge < -0.3 is 10.5 Å². The second-order valence-electron chi connectivity index (χ2n) is 5.84. The second-order valence-corrected chi connectivity index (χ2v) is 6.76. The maximum absolute atomic E-state index is 6.81. The van der Waals surface area contributed by atoms with Gasteiger partial charge in [0.15, 0.2) is 0 Å². The van der Waals surface area contributed by atoms with Gasteiger partial charge in [0, 0.05) is 10.0 Å². The summed E-state index contributed by atoms with van der Waals surface area (Å²) in [5.74, 6) is 0.889. The Kier molecular flexibility index (Phi) is 4.05. The van der Waals surface area contributed by atoms with Crippen LogP contribution in [-0.2, 0) is 18.4 Å². The summed E-state index contributed by atoms with van der Waals surface area (Å²) in [5.41, 5.74) is 10.4. The van der Waals surface area contributed by atoms with E-state index in [0.717, 1.165) is 35.9 Å². The Hall–Kier alpha value is -1.32. The molecule has 0 fully saturated rings. The van der Waals surface area contributed by atoms with Crippen molar-refractivity contribution in [3.63, 3.8) is 0 Å². The molecule has 0 bridgehead atoms. The lowest BCUT2D eigenvalue weighted by molar-refractivity contribution is 0.363. The summed E-state index contributed by atoms with van der Waals surface area (Å²) in [6.07, 6.45) is 4.12. The Morgan fingerprint density at radius 1 is 1.24 bits per heavy atom. The number of halogens is 1. The monoisotopic (exact) mass is 345 g/mol. The fraction of sp³-hybridized carbons (Fsp3) is 0.333. The molecule has 1 atom stereocenters. The van der Waals surface area contributed by atoms with E-state index in [4.69, 9.17) is 10.5 Å². The largest absolute Gasteiger partial charge is 0.497 e. The number of rotatable bonds is 3. The first-order valence-corrected chi connectivity index (χ1v) is 8.11. The summed E-state index contributed by atoms with van der Waals surface area (Å²) >= 11 is 3.54. The third-order valence-electron chi connectivity index (χ3n) is 4.33. The van der Waals surface area contributed by atoms with Crippen molar-refractivity contribution in [2.45, 2.75) is 31.2 Å². The highest BCUT2D eigenvalue weighted by Gasteiger charge is 2.33. The summed E-state index contributed by atoms with van der Waals surface area (Å²) in [7, 11) is 1.71. The lowest BCUT2D eigenvalue weighted by Crippen LogP contribution is -2.42. The number of benzene rings is 2. The minimum absolute atomic E-state index is 0.303. The summed E-state index contributed by atoms with van der Waals surface area (Å²) in [4.78, 5) is 0. The minimum Gasteiger partial charge on any atom is -0.497 e. The molecule has 0 amide bonds. The zero-order chi connectivity index (χ0) is 14.9. The van der Waals surface area contributed by atoms with Gasteiger partial charge in [0.2, 0.25) is 0 Å². The molecule has 110 valence electrons. The van der Waals surface area contributed by atoms with E-state index in [1.165, 1.54) is 16.7 Å². The lowest BCUT2D eigenvalue weighted by atomic mass is 9.74. The quantitative estimate of drug-likeness (QED) is 0.904. The highest BCUT2D eigenvalue weighted by Crippen LogP contribution is 2.38. The van der Waals surface area contributed by atoms with Gasteiger partial charge in [0.1, 0.15) is 5.75 Å². The molecular weight excluding hydrogens is 326 g/mol. The van der Waals surface area contributed by atoms with Gasteiger partial charge in [-0.15, -0.1) is 0 Å². The predicted octanol–water partition coefficient (Wildman–Crippen LogP) is 4.19. The summed E-state index contributed by atoms with van der Waals surface area (Å²) in [6, 6.07) is 14.7. The molecule has 2 N–H and O–H groups in total. The van der Waals surface area contributed by atoms with E-state index in [9.17, 15) is 0 Å². The molecule has 0 aliphatic heterocycles. The Bertz CT molecular complexity index is 655. The molecule has 2 nitrogen and oxygen atoms in total. The number of fused-ring (bicyclic) bond motifs is 1.